The van der Waals surface area contributed by atoms with E-state index in [1.54, 1.807) is 61.5 Å². The number of nitrogens with one attached hydrogen (secondary N) is 2. The molecule has 0 saturated heterocycles. The van der Waals surface area contributed by atoms with Gasteiger partial charge in [-0.1, -0.05) is 41.9 Å². The van der Waals surface area contributed by atoms with Crippen LogP contribution in [0.15, 0.2) is 60.3 Å². The first-order valence-electron chi connectivity index (χ1n) is 8.25. The van der Waals surface area contributed by atoms with Crippen molar-refractivity contribution >= 4 is 29.5 Å². The highest BCUT2D eigenvalue weighted by Crippen LogP contribution is 2.13. The summed E-state index contributed by atoms with van der Waals surface area (Å²) in [6, 6.07) is 15.3. The van der Waals surface area contributed by atoms with Crippen LogP contribution in [-0.4, -0.2) is 29.6 Å². The lowest BCUT2D eigenvalue weighted by Gasteiger charge is -2.15. The largest absolute Gasteiger partial charge is 0.396 e. The predicted molar refractivity (Wildman–Crippen MR) is 103 cm³/mol. The van der Waals surface area contributed by atoms with E-state index in [0.29, 0.717) is 17.0 Å². The lowest BCUT2D eigenvalue weighted by Crippen LogP contribution is -2.39. The van der Waals surface area contributed by atoms with Gasteiger partial charge in [-0.15, -0.1) is 0 Å². The maximum absolute atomic E-state index is 12.6. The second kappa shape index (κ2) is 9.75. The topological polar surface area (TPSA) is 78.4 Å². The summed E-state index contributed by atoms with van der Waals surface area (Å²) < 4.78 is 0. The lowest BCUT2D eigenvalue weighted by molar-refractivity contribution is -0.118. The van der Waals surface area contributed by atoms with Crippen LogP contribution in [0.1, 0.15) is 29.3 Å². The Balaban J connectivity index is 2.24. The molecule has 0 heterocycles. The van der Waals surface area contributed by atoms with Gasteiger partial charge >= 0.3 is 0 Å². The molecule has 26 heavy (non-hydrogen) atoms. The highest BCUT2D eigenvalue weighted by molar-refractivity contribution is 6.30. The van der Waals surface area contributed by atoms with E-state index >= 15 is 0 Å². The van der Waals surface area contributed by atoms with Crippen molar-refractivity contribution in [2.45, 2.75) is 19.4 Å². The van der Waals surface area contributed by atoms with E-state index in [2.05, 4.69) is 10.6 Å². The fraction of sp³-hybridized carbons (Fsp3) is 0.200. The van der Waals surface area contributed by atoms with Crippen molar-refractivity contribution in [2.75, 3.05) is 6.61 Å². The van der Waals surface area contributed by atoms with Gasteiger partial charge in [-0.25, -0.2) is 0 Å². The minimum absolute atomic E-state index is 0.0337. The van der Waals surface area contributed by atoms with Crippen molar-refractivity contribution in [1.29, 1.82) is 0 Å². The molecule has 0 saturated carbocycles. The molecule has 0 aromatic heterocycles. The molecule has 0 unspecified atom stereocenters. The first-order valence-corrected chi connectivity index (χ1v) is 8.63. The van der Waals surface area contributed by atoms with Gasteiger partial charge in [0.1, 0.15) is 5.70 Å². The molecule has 0 aliphatic carbocycles. The molecule has 1 atom stereocenters. The summed E-state index contributed by atoms with van der Waals surface area (Å²) in [5.41, 5.74) is 1.29. The number of rotatable bonds is 7. The number of benzene rings is 2. The zero-order valence-electron chi connectivity index (χ0n) is 14.4. The molecule has 0 aliphatic heterocycles. The standard InChI is InChI=1S/C20H21ClN2O3/c1-14(11-12-24)22-20(26)18(13-15-7-9-17(21)10-8-15)23-19(25)16-5-3-2-4-6-16/h2-10,13-14,24H,11-12H2,1H3,(H,22,26)(H,23,25)/b18-13+/t14-/m1/s1. The van der Waals surface area contributed by atoms with E-state index in [1.165, 1.54) is 0 Å². The third-order valence-corrected chi connectivity index (χ3v) is 3.90. The second-order valence-electron chi connectivity index (χ2n) is 5.82. The fourth-order valence-electron chi connectivity index (χ4n) is 2.24. The van der Waals surface area contributed by atoms with Crippen LogP contribution in [0.3, 0.4) is 0 Å². The average Bonchev–Trinajstić information content (AvgIpc) is 2.63. The van der Waals surface area contributed by atoms with Gasteiger partial charge in [0, 0.05) is 23.2 Å². The highest BCUT2D eigenvalue weighted by Gasteiger charge is 2.16. The summed E-state index contributed by atoms with van der Waals surface area (Å²) in [6.45, 7) is 1.75. The molecule has 2 aromatic carbocycles. The number of carbonyl (C=O) groups excluding carboxylic acids is 2. The number of hydrogen-bond donors (Lipinski definition) is 3. The molecule has 136 valence electrons. The van der Waals surface area contributed by atoms with E-state index in [9.17, 15) is 9.59 Å². The monoisotopic (exact) mass is 372 g/mol. The van der Waals surface area contributed by atoms with E-state index in [-0.39, 0.29) is 24.3 Å². The number of aliphatic hydroxyl groups excluding tert-OH is 1. The van der Waals surface area contributed by atoms with Gasteiger partial charge < -0.3 is 15.7 Å². The van der Waals surface area contributed by atoms with Crippen LogP contribution in [0.4, 0.5) is 0 Å². The van der Waals surface area contributed by atoms with E-state index < -0.39 is 5.91 Å². The molecule has 2 amide bonds. The zero-order chi connectivity index (χ0) is 18.9. The maximum Gasteiger partial charge on any atom is 0.268 e. The Morgan fingerprint density at radius 1 is 1.12 bits per heavy atom. The van der Waals surface area contributed by atoms with Crippen molar-refractivity contribution < 1.29 is 14.7 Å². The molecule has 0 aliphatic rings. The summed E-state index contributed by atoms with van der Waals surface area (Å²) in [6.07, 6.45) is 2.00. The van der Waals surface area contributed by atoms with Gasteiger partial charge in [-0.05, 0) is 49.2 Å². The Morgan fingerprint density at radius 2 is 1.77 bits per heavy atom. The average molecular weight is 373 g/mol. The minimum Gasteiger partial charge on any atom is -0.396 e. The summed E-state index contributed by atoms with van der Waals surface area (Å²) in [4.78, 5) is 25.0. The van der Waals surface area contributed by atoms with Crippen LogP contribution in [-0.2, 0) is 4.79 Å². The number of halogens is 1. The molecule has 0 radical (unpaired) electrons. The lowest BCUT2D eigenvalue weighted by atomic mass is 10.1. The second-order valence-corrected chi connectivity index (χ2v) is 6.25. The third-order valence-electron chi connectivity index (χ3n) is 3.65. The fourth-order valence-corrected chi connectivity index (χ4v) is 2.36. The van der Waals surface area contributed by atoms with Gasteiger partial charge in [0.15, 0.2) is 0 Å². The Bertz CT molecular complexity index is 773. The van der Waals surface area contributed by atoms with Crippen LogP contribution in [0.5, 0.6) is 0 Å². The first-order chi connectivity index (χ1) is 12.5. The van der Waals surface area contributed by atoms with Crippen molar-refractivity contribution in [2.24, 2.45) is 0 Å². The quantitative estimate of drug-likeness (QED) is 0.654. The predicted octanol–water partition coefficient (Wildman–Crippen LogP) is 3.00. The zero-order valence-corrected chi connectivity index (χ0v) is 15.2. The van der Waals surface area contributed by atoms with Crippen LogP contribution < -0.4 is 10.6 Å². The third kappa shape index (κ3) is 6.02. The summed E-state index contributed by atoms with van der Waals surface area (Å²) >= 11 is 5.89. The number of hydrogen-bond acceptors (Lipinski definition) is 3. The van der Waals surface area contributed by atoms with Crippen molar-refractivity contribution in [3.63, 3.8) is 0 Å². The summed E-state index contributed by atoms with van der Waals surface area (Å²) in [7, 11) is 0. The van der Waals surface area contributed by atoms with E-state index in [1.807, 2.05) is 6.07 Å². The van der Waals surface area contributed by atoms with Gasteiger partial charge in [-0.2, -0.15) is 0 Å². The Kier molecular flexibility index (Phi) is 7.38. The van der Waals surface area contributed by atoms with E-state index in [0.717, 1.165) is 5.56 Å². The normalized spacial score (nSPS) is 12.3. The molecular weight excluding hydrogens is 352 g/mol. The van der Waals surface area contributed by atoms with Gasteiger partial charge in [0.05, 0.1) is 0 Å². The number of amides is 2. The van der Waals surface area contributed by atoms with Crippen LogP contribution >= 0.6 is 11.6 Å². The maximum atomic E-state index is 12.6. The number of aliphatic hydroxyl groups is 1. The van der Waals surface area contributed by atoms with Gasteiger partial charge in [-0.3, -0.25) is 9.59 Å². The van der Waals surface area contributed by atoms with Crippen molar-refractivity contribution in [1.82, 2.24) is 10.6 Å². The van der Waals surface area contributed by atoms with E-state index in [4.69, 9.17) is 16.7 Å². The molecule has 3 N–H and O–H groups in total. The molecule has 0 fully saturated rings. The van der Waals surface area contributed by atoms with Crippen LogP contribution in [0, 0.1) is 0 Å². The van der Waals surface area contributed by atoms with Gasteiger partial charge in [0.2, 0.25) is 0 Å². The van der Waals surface area contributed by atoms with Crippen LogP contribution in [0.2, 0.25) is 5.02 Å². The summed E-state index contributed by atoms with van der Waals surface area (Å²) in [5.74, 6) is -0.805. The van der Waals surface area contributed by atoms with Crippen LogP contribution in [0.25, 0.3) is 6.08 Å². The molecule has 2 rings (SSSR count). The molecule has 6 heteroatoms. The van der Waals surface area contributed by atoms with Gasteiger partial charge in [0.25, 0.3) is 11.8 Å². The molecular formula is C20H21ClN2O3. The highest BCUT2D eigenvalue weighted by atomic mass is 35.5. The first kappa shape index (κ1) is 19.7. The van der Waals surface area contributed by atoms with Crippen molar-refractivity contribution in [3.05, 3.63) is 76.4 Å². The Labute approximate surface area is 157 Å². The Hall–Kier alpha value is -2.63. The molecule has 0 bridgehead atoms. The number of carbonyl (C=O) groups is 2. The Morgan fingerprint density at radius 3 is 2.38 bits per heavy atom. The SMILES string of the molecule is C[C@H](CCO)NC(=O)/C(=C\c1ccc(Cl)cc1)NC(=O)c1ccccc1. The molecule has 2 aromatic rings. The smallest absolute Gasteiger partial charge is 0.268 e. The minimum atomic E-state index is -0.426. The van der Waals surface area contributed by atoms with Crippen molar-refractivity contribution in [3.8, 4) is 0 Å². The molecule has 5 nitrogen and oxygen atoms in total. The molecule has 0 spiro atoms. The summed E-state index contributed by atoms with van der Waals surface area (Å²) in [5, 5.41) is 15.0.